The first-order chi connectivity index (χ1) is 9.13. The van der Waals surface area contributed by atoms with Crippen LogP contribution in [-0.4, -0.2) is 36.0 Å². The normalized spacial score (nSPS) is 18.2. The number of nitrogens with one attached hydrogen (secondary N) is 1. The van der Waals surface area contributed by atoms with Gasteiger partial charge in [0.05, 0.1) is 4.92 Å². The van der Waals surface area contributed by atoms with Gasteiger partial charge in [-0.15, -0.1) is 0 Å². The maximum atomic E-state index is 11.0. The Hall–Kier alpha value is -1.17. The Balaban J connectivity index is 2.27. The van der Waals surface area contributed by atoms with Crippen molar-refractivity contribution in [1.82, 2.24) is 10.2 Å². The molecule has 1 atom stereocenters. The van der Waals surface area contributed by atoms with Gasteiger partial charge >= 0.3 is 0 Å². The summed E-state index contributed by atoms with van der Waals surface area (Å²) in [5, 5.41) is 14.5. The van der Waals surface area contributed by atoms with Crippen LogP contribution in [0.5, 0.6) is 0 Å². The van der Waals surface area contributed by atoms with E-state index in [2.05, 4.69) is 17.1 Å². The molecule has 0 spiro atoms. The van der Waals surface area contributed by atoms with E-state index < -0.39 is 4.92 Å². The lowest BCUT2D eigenvalue weighted by atomic mass is 10.0. The van der Waals surface area contributed by atoms with Crippen molar-refractivity contribution in [3.63, 3.8) is 0 Å². The average molecular weight is 284 g/mol. The zero-order valence-corrected chi connectivity index (χ0v) is 11.7. The molecule has 0 unspecified atom stereocenters. The van der Waals surface area contributed by atoms with Crippen molar-refractivity contribution < 1.29 is 4.92 Å². The van der Waals surface area contributed by atoms with E-state index in [1.54, 1.807) is 12.1 Å². The van der Waals surface area contributed by atoms with Crippen LogP contribution in [0, 0.1) is 10.1 Å². The third-order valence-electron chi connectivity index (χ3n) is 3.53. The number of piperazine rings is 1. The standard InChI is InChI=1S/C13H18ClN3O2/c1-2-12(16-7-5-15-6-8-16)10-3-4-11(14)13(9-10)17(18)19/h3-4,9,12,15H,2,5-8H2,1H3/t12-/m0/s1. The van der Waals surface area contributed by atoms with Gasteiger partial charge in [0, 0.05) is 38.3 Å². The highest BCUT2D eigenvalue weighted by atomic mass is 35.5. The molecule has 0 radical (unpaired) electrons. The summed E-state index contributed by atoms with van der Waals surface area (Å²) in [4.78, 5) is 12.9. The molecule has 0 saturated carbocycles. The molecule has 0 aliphatic carbocycles. The third-order valence-corrected chi connectivity index (χ3v) is 3.85. The highest BCUT2D eigenvalue weighted by Gasteiger charge is 2.23. The molecule has 1 N–H and O–H groups in total. The first kappa shape index (κ1) is 14.2. The highest BCUT2D eigenvalue weighted by Crippen LogP contribution is 2.31. The number of nitrogens with zero attached hydrogens (tertiary/aromatic N) is 2. The Morgan fingerprint density at radius 1 is 1.47 bits per heavy atom. The van der Waals surface area contributed by atoms with Crippen molar-refractivity contribution in [3.05, 3.63) is 38.9 Å². The summed E-state index contributed by atoms with van der Waals surface area (Å²) >= 11 is 5.86. The van der Waals surface area contributed by atoms with Gasteiger partial charge in [-0.2, -0.15) is 0 Å². The molecule has 1 aliphatic heterocycles. The largest absolute Gasteiger partial charge is 0.314 e. The minimum atomic E-state index is -0.420. The number of rotatable bonds is 4. The number of benzene rings is 1. The number of hydrogen-bond acceptors (Lipinski definition) is 4. The second-order valence-electron chi connectivity index (χ2n) is 4.68. The molecule has 6 heteroatoms. The van der Waals surface area contributed by atoms with Gasteiger partial charge in [-0.05, 0) is 18.1 Å². The molecular formula is C13H18ClN3O2. The molecule has 5 nitrogen and oxygen atoms in total. The van der Waals surface area contributed by atoms with E-state index in [0.717, 1.165) is 38.2 Å². The Morgan fingerprint density at radius 2 is 2.16 bits per heavy atom. The fraction of sp³-hybridized carbons (Fsp3) is 0.538. The van der Waals surface area contributed by atoms with Gasteiger partial charge in [-0.1, -0.05) is 24.6 Å². The molecule has 0 aromatic heterocycles. The molecule has 1 aliphatic rings. The predicted octanol–water partition coefficient (Wildman–Crippen LogP) is 2.60. The Bertz CT molecular complexity index is 461. The number of halogens is 1. The average Bonchev–Trinajstić information content (AvgIpc) is 2.42. The summed E-state index contributed by atoms with van der Waals surface area (Å²) in [6, 6.07) is 5.35. The molecule has 2 rings (SSSR count). The monoisotopic (exact) mass is 283 g/mol. The van der Waals surface area contributed by atoms with Crippen molar-refractivity contribution >= 4 is 17.3 Å². The van der Waals surface area contributed by atoms with Gasteiger partial charge in [-0.3, -0.25) is 15.0 Å². The molecule has 1 saturated heterocycles. The summed E-state index contributed by atoms with van der Waals surface area (Å²) in [5.41, 5.74) is 0.966. The van der Waals surface area contributed by atoms with Gasteiger partial charge in [0.1, 0.15) is 5.02 Å². The van der Waals surface area contributed by atoms with Crippen LogP contribution >= 0.6 is 11.6 Å². The van der Waals surface area contributed by atoms with Crippen LogP contribution in [0.2, 0.25) is 5.02 Å². The third kappa shape index (κ3) is 3.23. The molecule has 1 aromatic carbocycles. The lowest BCUT2D eigenvalue weighted by Crippen LogP contribution is -2.45. The van der Waals surface area contributed by atoms with E-state index in [1.807, 2.05) is 6.07 Å². The van der Waals surface area contributed by atoms with E-state index in [-0.39, 0.29) is 16.8 Å². The molecular weight excluding hydrogens is 266 g/mol. The van der Waals surface area contributed by atoms with Crippen LogP contribution in [0.25, 0.3) is 0 Å². The summed E-state index contributed by atoms with van der Waals surface area (Å²) in [5.74, 6) is 0. The zero-order valence-electron chi connectivity index (χ0n) is 10.9. The molecule has 1 heterocycles. The molecule has 0 bridgehead atoms. The van der Waals surface area contributed by atoms with Gasteiger partial charge in [0.15, 0.2) is 0 Å². The van der Waals surface area contributed by atoms with Crippen LogP contribution < -0.4 is 5.32 Å². The zero-order chi connectivity index (χ0) is 13.8. The summed E-state index contributed by atoms with van der Waals surface area (Å²) in [7, 11) is 0. The maximum Gasteiger partial charge on any atom is 0.288 e. The van der Waals surface area contributed by atoms with Crippen LogP contribution in [0.4, 0.5) is 5.69 Å². The van der Waals surface area contributed by atoms with E-state index in [1.165, 1.54) is 0 Å². The fourth-order valence-corrected chi connectivity index (χ4v) is 2.76. The molecule has 0 amide bonds. The maximum absolute atomic E-state index is 11.0. The van der Waals surface area contributed by atoms with Crippen molar-refractivity contribution in [2.75, 3.05) is 26.2 Å². The van der Waals surface area contributed by atoms with Crippen LogP contribution in [0.1, 0.15) is 24.9 Å². The Kier molecular flexibility index (Phi) is 4.74. The number of nitro benzene ring substituents is 1. The van der Waals surface area contributed by atoms with Crippen LogP contribution in [-0.2, 0) is 0 Å². The van der Waals surface area contributed by atoms with Crippen LogP contribution in [0.3, 0.4) is 0 Å². The second kappa shape index (κ2) is 6.32. The van der Waals surface area contributed by atoms with Crippen molar-refractivity contribution in [3.8, 4) is 0 Å². The summed E-state index contributed by atoms with van der Waals surface area (Å²) < 4.78 is 0. The van der Waals surface area contributed by atoms with E-state index in [4.69, 9.17) is 11.6 Å². The SMILES string of the molecule is CC[C@@H](c1ccc(Cl)c([N+](=O)[O-])c1)N1CCNCC1. The summed E-state index contributed by atoms with van der Waals surface area (Å²) in [6.45, 7) is 5.97. The second-order valence-corrected chi connectivity index (χ2v) is 5.09. The first-order valence-corrected chi connectivity index (χ1v) is 6.90. The van der Waals surface area contributed by atoms with Crippen molar-refractivity contribution in [1.29, 1.82) is 0 Å². The van der Waals surface area contributed by atoms with Gasteiger partial charge < -0.3 is 5.32 Å². The van der Waals surface area contributed by atoms with Gasteiger partial charge in [0.25, 0.3) is 5.69 Å². The lowest BCUT2D eigenvalue weighted by molar-refractivity contribution is -0.384. The topological polar surface area (TPSA) is 58.4 Å². The summed E-state index contributed by atoms with van der Waals surface area (Å²) in [6.07, 6.45) is 0.929. The highest BCUT2D eigenvalue weighted by molar-refractivity contribution is 6.32. The van der Waals surface area contributed by atoms with E-state index in [0.29, 0.717) is 0 Å². The van der Waals surface area contributed by atoms with Gasteiger partial charge in [0.2, 0.25) is 0 Å². The Labute approximate surface area is 117 Å². The molecule has 1 fully saturated rings. The predicted molar refractivity (Wildman–Crippen MR) is 75.6 cm³/mol. The molecule has 1 aromatic rings. The Morgan fingerprint density at radius 3 is 2.74 bits per heavy atom. The van der Waals surface area contributed by atoms with E-state index >= 15 is 0 Å². The van der Waals surface area contributed by atoms with Gasteiger partial charge in [-0.25, -0.2) is 0 Å². The molecule has 104 valence electrons. The number of hydrogen-bond donors (Lipinski definition) is 1. The van der Waals surface area contributed by atoms with Crippen LogP contribution in [0.15, 0.2) is 18.2 Å². The molecule has 19 heavy (non-hydrogen) atoms. The van der Waals surface area contributed by atoms with Crippen molar-refractivity contribution in [2.24, 2.45) is 0 Å². The smallest absolute Gasteiger partial charge is 0.288 e. The number of nitro groups is 1. The minimum Gasteiger partial charge on any atom is -0.314 e. The van der Waals surface area contributed by atoms with E-state index in [9.17, 15) is 10.1 Å². The van der Waals surface area contributed by atoms with Crippen molar-refractivity contribution in [2.45, 2.75) is 19.4 Å². The fourth-order valence-electron chi connectivity index (χ4n) is 2.58. The minimum absolute atomic E-state index is 0.00671. The lowest BCUT2D eigenvalue weighted by Gasteiger charge is -2.34. The quantitative estimate of drug-likeness (QED) is 0.682. The first-order valence-electron chi connectivity index (χ1n) is 6.52.